The molecule has 0 unspecified atom stereocenters. The minimum Gasteiger partial charge on any atom is -0.356 e. The molecule has 1 aromatic carbocycles. The predicted molar refractivity (Wildman–Crippen MR) is 108 cm³/mol. The Bertz CT molecular complexity index is 863. The van der Waals surface area contributed by atoms with Gasteiger partial charge in [0.15, 0.2) is 0 Å². The molecule has 1 N–H and O–H groups in total. The second-order valence-electron chi connectivity index (χ2n) is 7.02. The minimum atomic E-state index is -3.48. The SMILES string of the molecule is Cc1cccc(CCCNC(=O)[C@H]2CCCN(S(=O)(=O)c3cccs3)C2)c1. The molecule has 0 spiro atoms. The van der Waals surface area contributed by atoms with Crippen LogP contribution in [-0.4, -0.2) is 38.3 Å². The molecular formula is C20H26N2O3S2. The van der Waals surface area contributed by atoms with Crippen LogP contribution >= 0.6 is 11.3 Å². The van der Waals surface area contributed by atoms with Crippen molar-refractivity contribution in [2.24, 2.45) is 5.92 Å². The number of nitrogens with zero attached hydrogens (tertiary/aromatic N) is 1. The lowest BCUT2D eigenvalue weighted by Gasteiger charge is -2.30. The number of piperidine rings is 1. The zero-order chi connectivity index (χ0) is 19.3. The maximum absolute atomic E-state index is 12.7. The van der Waals surface area contributed by atoms with E-state index in [4.69, 9.17) is 0 Å². The van der Waals surface area contributed by atoms with Crippen LogP contribution in [0.4, 0.5) is 0 Å². The minimum absolute atomic E-state index is 0.0367. The summed E-state index contributed by atoms with van der Waals surface area (Å²) in [5.74, 6) is -0.308. The van der Waals surface area contributed by atoms with Gasteiger partial charge in [-0.15, -0.1) is 11.3 Å². The van der Waals surface area contributed by atoms with Crippen LogP contribution in [-0.2, 0) is 21.2 Å². The van der Waals surface area contributed by atoms with Crippen LogP contribution in [0.3, 0.4) is 0 Å². The van der Waals surface area contributed by atoms with Gasteiger partial charge in [-0.3, -0.25) is 4.79 Å². The summed E-state index contributed by atoms with van der Waals surface area (Å²) >= 11 is 1.22. The van der Waals surface area contributed by atoms with Gasteiger partial charge >= 0.3 is 0 Å². The molecule has 146 valence electrons. The first-order valence-corrected chi connectivity index (χ1v) is 11.7. The summed E-state index contributed by atoms with van der Waals surface area (Å²) in [7, 11) is -3.48. The van der Waals surface area contributed by atoms with Gasteiger partial charge in [-0.25, -0.2) is 8.42 Å². The number of nitrogens with one attached hydrogen (secondary N) is 1. The van der Waals surface area contributed by atoms with Crippen LogP contribution in [0.1, 0.15) is 30.4 Å². The molecule has 27 heavy (non-hydrogen) atoms. The summed E-state index contributed by atoms with van der Waals surface area (Å²) in [4.78, 5) is 12.5. The van der Waals surface area contributed by atoms with Gasteiger partial charge in [-0.1, -0.05) is 35.9 Å². The Morgan fingerprint density at radius 1 is 1.30 bits per heavy atom. The van der Waals surface area contributed by atoms with E-state index in [1.807, 2.05) is 6.07 Å². The number of thiophene rings is 1. The van der Waals surface area contributed by atoms with Gasteiger partial charge in [0.05, 0.1) is 5.92 Å². The molecule has 0 radical (unpaired) electrons. The third-order valence-electron chi connectivity index (χ3n) is 4.87. The van der Waals surface area contributed by atoms with Crippen molar-refractivity contribution < 1.29 is 13.2 Å². The Balaban J connectivity index is 1.48. The summed E-state index contributed by atoms with van der Waals surface area (Å²) in [6, 6.07) is 11.7. The number of rotatable bonds is 7. The largest absolute Gasteiger partial charge is 0.356 e. The van der Waals surface area contributed by atoms with Crippen LogP contribution < -0.4 is 5.32 Å². The summed E-state index contributed by atoms with van der Waals surface area (Å²) in [5.41, 5.74) is 2.51. The zero-order valence-electron chi connectivity index (χ0n) is 15.6. The fourth-order valence-corrected chi connectivity index (χ4v) is 6.10. The van der Waals surface area contributed by atoms with Crippen LogP contribution in [0, 0.1) is 12.8 Å². The molecule has 1 aliphatic rings. The van der Waals surface area contributed by atoms with Gasteiger partial charge in [0.25, 0.3) is 10.0 Å². The smallest absolute Gasteiger partial charge is 0.252 e. The monoisotopic (exact) mass is 406 g/mol. The highest BCUT2D eigenvalue weighted by Crippen LogP contribution is 2.26. The molecule has 0 aliphatic carbocycles. The average Bonchev–Trinajstić information content (AvgIpc) is 3.21. The van der Waals surface area contributed by atoms with E-state index in [1.165, 1.54) is 26.8 Å². The van der Waals surface area contributed by atoms with E-state index in [0.29, 0.717) is 23.7 Å². The Morgan fingerprint density at radius 3 is 2.89 bits per heavy atom. The Labute approximate surface area is 165 Å². The van der Waals surface area contributed by atoms with Crippen LogP contribution in [0.25, 0.3) is 0 Å². The molecule has 1 fully saturated rings. The Kier molecular flexibility index (Phi) is 6.68. The fraction of sp³-hybridized carbons (Fsp3) is 0.450. The molecule has 1 amide bonds. The lowest BCUT2D eigenvalue weighted by Crippen LogP contribution is -2.45. The lowest BCUT2D eigenvalue weighted by atomic mass is 9.98. The third kappa shape index (κ3) is 5.18. The molecule has 5 nitrogen and oxygen atoms in total. The third-order valence-corrected chi connectivity index (χ3v) is 8.11. The van der Waals surface area contributed by atoms with Gasteiger partial charge < -0.3 is 5.32 Å². The van der Waals surface area contributed by atoms with Gasteiger partial charge in [0.1, 0.15) is 4.21 Å². The summed E-state index contributed by atoms with van der Waals surface area (Å²) < 4.78 is 27.1. The maximum atomic E-state index is 12.7. The van der Waals surface area contributed by atoms with Crippen LogP contribution in [0.2, 0.25) is 0 Å². The van der Waals surface area contributed by atoms with Crippen LogP contribution in [0.15, 0.2) is 46.0 Å². The van der Waals surface area contributed by atoms with Crippen molar-refractivity contribution in [1.82, 2.24) is 9.62 Å². The van der Waals surface area contributed by atoms with Crippen molar-refractivity contribution >= 4 is 27.3 Å². The van der Waals surface area contributed by atoms with E-state index < -0.39 is 10.0 Å². The van der Waals surface area contributed by atoms with Crippen molar-refractivity contribution in [2.75, 3.05) is 19.6 Å². The standard InChI is InChI=1S/C20H26N2O3S2/c1-16-6-2-7-17(14-16)8-3-11-21-20(23)18-9-4-12-22(15-18)27(24,25)19-10-5-13-26-19/h2,5-7,10,13-14,18H,3-4,8-9,11-12,15H2,1H3,(H,21,23)/t18-/m0/s1. The summed E-state index contributed by atoms with van der Waals surface area (Å²) in [6.07, 6.45) is 3.25. The van der Waals surface area contributed by atoms with E-state index in [9.17, 15) is 13.2 Å². The van der Waals surface area contributed by atoms with Crippen molar-refractivity contribution in [3.05, 3.63) is 52.9 Å². The second-order valence-corrected chi connectivity index (χ2v) is 10.1. The second kappa shape index (κ2) is 8.99. The highest BCUT2D eigenvalue weighted by atomic mass is 32.2. The highest BCUT2D eigenvalue weighted by molar-refractivity contribution is 7.91. The highest BCUT2D eigenvalue weighted by Gasteiger charge is 2.33. The molecule has 2 aromatic rings. The number of carbonyl (C=O) groups excluding carboxylic acids is 1. The molecule has 3 rings (SSSR count). The molecule has 0 bridgehead atoms. The van der Waals surface area contributed by atoms with Gasteiger partial charge in [-0.2, -0.15) is 4.31 Å². The van der Waals surface area contributed by atoms with Crippen molar-refractivity contribution in [3.8, 4) is 0 Å². The molecule has 1 saturated heterocycles. The van der Waals surface area contributed by atoms with Crippen molar-refractivity contribution in [1.29, 1.82) is 0 Å². The number of hydrogen-bond acceptors (Lipinski definition) is 4. The Hall–Kier alpha value is -1.70. The topological polar surface area (TPSA) is 66.5 Å². The van der Waals surface area contributed by atoms with Gasteiger partial charge in [-0.05, 0) is 49.6 Å². The van der Waals surface area contributed by atoms with Crippen molar-refractivity contribution in [2.45, 2.75) is 36.8 Å². The van der Waals surface area contributed by atoms with E-state index in [1.54, 1.807) is 17.5 Å². The number of benzene rings is 1. The summed E-state index contributed by atoms with van der Waals surface area (Å²) in [6.45, 7) is 3.44. The quantitative estimate of drug-likeness (QED) is 0.718. The predicted octanol–water partition coefficient (Wildman–Crippen LogP) is 3.21. The normalized spacial score (nSPS) is 18.3. The first kappa shape index (κ1) is 20.0. The van der Waals surface area contributed by atoms with Gasteiger partial charge in [0.2, 0.25) is 5.91 Å². The Morgan fingerprint density at radius 2 is 2.15 bits per heavy atom. The number of sulfonamides is 1. The van der Waals surface area contributed by atoms with E-state index >= 15 is 0 Å². The number of carbonyl (C=O) groups is 1. The molecule has 7 heteroatoms. The van der Waals surface area contributed by atoms with Gasteiger partial charge in [0, 0.05) is 19.6 Å². The van der Waals surface area contributed by atoms with E-state index in [-0.39, 0.29) is 18.4 Å². The molecule has 1 aromatic heterocycles. The summed E-state index contributed by atoms with van der Waals surface area (Å²) in [5, 5.41) is 4.75. The lowest BCUT2D eigenvalue weighted by molar-refractivity contribution is -0.126. The maximum Gasteiger partial charge on any atom is 0.252 e. The first-order chi connectivity index (χ1) is 13.0. The fourth-order valence-electron chi connectivity index (χ4n) is 3.43. The first-order valence-electron chi connectivity index (χ1n) is 9.34. The van der Waals surface area contributed by atoms with Crippen molar-refractivity contribution in [3.63, 3.8) is 0 Å². The molecular weight excluding hydrogens is 380 g/mol. The molecule has 2 heterocycles. The number of hydrogen-bond donors (Lipinski definition) is 1. The van der Waals surface area contributed by atoms with Crippen LogP contribution in [0.5, 0.6) is 0 Å². The number of amides is 1. The average molecular weight is 407 g/mol. The van der Waals surface area contributed by atoms with E-state index in [0.717, 1.165) is 19.3 Å². The molecule has 1 aliphatic heterocycles. The molecule has 1 atom stereocenters. The zero-order valence-corrected chi connectivity index (χ0v) is 17.2. The van der Waals surface area contributed by atoms with E-state index in [2.05, 4.69) is 30.4 Å². The number of aryl methyl sites for hydroxylation is 2. The molecule has 0 saturated carbocycles.